The summed E-state index contributed by atoms with van der Waals surface area (Å²) in [6, 6.07) is 7.04. The van der Waals surface area contributed by atoms with E-state index in [1.54, 1.807) is 24.3 Å². The molecule has 1 saturated heterocycles. The van der Waals surface area contributed by atoms with Crippen molar-refractivity contribution in [2.75, 3.05) is 32.1 Å². The van der Waals surface area contributed by atoms with Gasteiger partial charge in [-0.2, -0.15) is 0 Å². The second kappa shape index (κ2) is 7.22. The van der Waals surface area contributed by atoms with Gasteiger partial charge in [-0.15, -0.1) is 0 Å². The SMILES string of the molecule is CC(=O)Nc1ccc(OCC(=O)C2CCN(C)CC2)cc1. The summed E-state index contributed by atoms with van der Waals surface area (Å²) < 4.78 is 5.53. The van der Waals surface area contributed by atoms with Crippen LogP contribution in [0.2, 0.25) is 0 Å². The van der Waals surface area contributed by atoms with E-state index in [-0.39, 0.29) is 24.2 Å². The van der Waals surface area contributed by atoms with E-state index >= 15 is 0 Å². The van der Waals surface area contributed by atoms with Crippen LogP contribution in [0.25, 0.3) is 0 Å². The number of hydrogen-bond acceptors (Lipinski definition) is 4. The molecule has 1 fully saturated rings. The Morgan fingerprint density at radius 2 is 1.86 bits per heavy atom. The smallest absolute Gasteiger partial charge is 0.221 e. The second-order valence-electron chi connectivity index (χ2n) is 5.54. The number of carbonyl (C=O) groups excluding carboxylic acids is 2. The van der Waals surface area contributed by atoms with Crippen molar-refractivity contribution in [3.05, 3.63) is 24.3 Å². The van der Waals surface area contributed by atoms with Crippen LogP contribution in [0, 0.1) is 5.92 Å². The van der Waals surface area contributed by atoms with Gasteiger partial charge in [0.2, 0.25) is 5.91 Å². The first-order chi connectivity index (χ1) is 10.0. The lowest BCUT2D eigenvalue weighted by atomic mass is 9.93. The van der Waals surface area contributed by atoms with Crippen molar-refractivity contribution in [1.82, 2.24) is 4.90 Å². The summed E-state index contributed by atoms with van der Waals surface area (Å²) in [5.74, 6) is 0.834. The Morgan fingerprint density at radius 3 is 2.43 bits per heavy atom. The van der Waals surface area contributed by atoms with E-state index in [0.29, 0.717) is 5.75 Å². The Labute approximate surface area is 125 Å². The second-order valence-corrected chi connectivity index (χ2v) is 5.54. The van der Waals surface area contributed by atoms with Crippen molar-refractivity contribution in [3.8, 4) is 5.75 Å². The van der Waals surface area contributed by atoms with E-state index in [4.69, 9.17) is 4.74 Å². The van der Waals surface area contributed by atoms with Crippen LogP contribution in [0.15, 0.2) is 24.3 Å². The summed E-state index contributed by atoms with van der Waals surface area (Å²) in [6.07, 6.45) is 1.83. The Kier molecular flexibility index (Phi) is 5.33. The summed E-state index contributed by atoms with van der Waals surface area (Å²) in [7, 11) is 2.08. The number of amides is 1. The maximum Gasteiger partial charge on any atom is 0.221 e. The molecule has 0 unspecified atom stereocenters. The molecule has 1 aliphatic rings. The maximum atomic E-state index is 12.1. The van der Waals surface area contributed by atoms with Gasteiger partial charge in [-0.1, -0.05) is 0 Å². The third kappa shape index (κ3) is 4.86. The molecule has 1 aliphatic heterocycles. The third-order valence-electron chi connectivity index (χ3n) is 3.73. The van der Waals surface area contributed by atoms with Gasteiger partial charge in [0.15, 0.2) is 5.78 Å². The van der Waals surface area contributed by atoms with Gasteiger partial charge in [0, 0.05) is 18.5 Å². The van der Waals surface area contributed by atoms with Gasteiger partial charge in [0.25, 0.3) is 0 Å². The number of anilines is 1. The van der Waals surface area contributed by atoms with E-state index < -0.39 is 0 Å². The first kappa shape index (κ1) is 15.5. The highest BCUT2D eigenvalue weighted by atomic mass is 16.5. The molecule has 0 saturated carbocycles. The highest BCUT2D eigenvalue weighted by molar-refractivity contribution is 5.88. The summed E-state index contributed by atoms with van der Waals surface area (Å²) in [5, 5.41) is 2.69. The molecule has 0 spiro atoms. The molecule has 0 aromatic heterocycles. The molecule has 1 N–H and O–H groups in total. The van der Waals surface area contributed by atoms with Crippen LogP contribution in [-0.4, -0.2) is 43.3 Å². The van der Waals surface area contributed by atoms with E-state index in [1.807, 2.05) is 0 Å². The number of likely N-dealkylation sites (tertiary alicyclic amines) is 1. The van der Waals surface area contributed by atoms with Gasteiger partial charge in [-0.05, 0) is 57.2 Å². The Morgan fingerprint density at radius 1 is 1.24 bits per heavy atom. The zero-order valence-corrected chi connectivity index (χ0v) is 12.6. The molecular formula is C16H22N2O3. The molecule has 5 nitrogen and oxygen atoms in total. The van der Waals surface area contributed by atoms with Crippen LogP contribution in [-0.2, 0) is 9.59 Å². The standard InChI is InChI=1S/C16H22N2O3/c1-12(19)17-14-3-5-15(6-4-14)21-11-16(20)13-7-9-18(2)10-8-13/h3-6,13H,7-11H2,1-2H3,(H,17,19). The molecule has 1 heterocycles. The van der Waals surface area contributed by atoms with Gasteiger partial charge in [-0.25, -0.2) is 0 Å². The minimum atomic E-state index is -0.110. The van der Waals surface area contributed by atoms with Crippen molar-refractivity contribution < 1.29 is 14.3 Å². The molecule has 1 aromatic carbocycles. The number of nitrogens with one attached hydrogen (secondary N) is 1. The minimum absolute atomic E-state index is 0.110. The number of benzene rings is 1. The van der Waals surface area contributed by atoms with E-state index in [9.17, 15) is 9.59 Å². The Hall–Kier alpha value is -1.88. The van der Waals surface area contributed by atoms with Crippen LogP contribution in [0.4, 0.5) is 5.69 Å². The molecule has 1 aromatic rings. The zero-order chi connectivity index (χ0) is 15.2. The largest absolute Gasteiger partial charge is 0.486 e. The van der Waals surface area contributed by atoms with Gasteiger partial charge in [0.05, 0.1) is 0 Å². The average molecular weight is 290 g/mol. The lowest BCUT2D eigenvalue weighted by Crippen LogP contribution is -2.35. The number of ketones is 1. The number of carbonyl (C=O) groups is 2. The van der Waals surface area contributed by atoms with Crippen LogP contribution in [0.3, 0.4) is 0 Å². The molecule has 0 radical (unpaired) electrons. The topological polar surface area (TPSA) is 58.6 Å². The normalized spacial score (nSPS) is 16.5. The lowest BCUT2D eigenvalue weighted by Gasteiger charge is -2.27. The van der Waals surface area contributed by atoms with Crippen molar-refractivity contribution in [1.29, 1.82) is 0 Å². The van der Waals surface area contributed by atoms with E-state index in [1.165, 1.54) is 6.92 Å². The molecule has 1 amide bonds. The predicted octanol–water partition coefficient (Wildman–Crippen LogP) is 1.93. The minimum Gasteiger partial charge on any atom is -0.486 e. The third-order valence-corrected chi connectivity index (χ3v) is 3.73. The van der Waals surface area contributed by atoms with E-state index in [0.717, 1.165) is 31.6 Å². The number of ether oxygens (including phenoxy) is 1. The molecule has 0 atom stereocenters. The molecular weight excluding hydrogens is 268 g/mol. The molecule has 21 heavy (non-hydrogen) atoms. The van der Waals surface area contributed by atoms with Crippen molar-refractivity contribution in [2.45, 2.75) is 19.8 Å². The molecule has 114 valence electrons. The monoisotopic (exact) mass is 290 g/mol. The van der Waals surface area contributed by atoms with Gasteiger partial charge in [-0.3, -0.25) is 9.59 Å². The molecule has 0 aliphatic carbocycles. The molecule has 5 heteroatoms. The van der Waals surface area contributed by atoms with Gasteiger partial charge < -0.3 is 15.0 Å². The first-order valence-corrected chi connectivity index (χ1v) is 7.26. The first-order valence-electron chi connectivity index (χ1n) is 7.26. The molecule has 0 bridgehead atoms. The van der Waals surface area contributed by atoms with Crippen molar-refractivity contribution >= 4 is 17.4 Å². The highest BCUT2D eigenvalue weighted by Crippen LogP contribution is 2.19. The quantitative estimate of drug-likeness (QED) is 0.900. The van der Waals surface area contributed by atoms with Gasteiger partial charge in [0.1, 0.15) is 12.4 Å². The van der Waals surface area contributed by atoms with Crippen LogP contribution < -0.4 is 10.1 Å². The fourth-order valence-corrected chi connectivity index (χ4v) is 2.44. The van der Waals surface area contributed by atoms with Crippen molar-refractivity contribution in [2.24, 2.45) is 5.92 Å². The lowest BCUT2D eigenvalue weighted by molar-refractivity contribution is -0.126. The summed E-state index contributed by atoms with van der Waals surface area (Å²) >= 11 is 0. The predicted molar refractivity (Wildman–Crippen MR) is 81.5 cm³/mol. The summed E-state index contributed by atoms with van der Waals surface area (Å²) in [4.78, 5) is 25.3. The highest BCUT2D eigenvalue weighted by Gasteiger charge is 2.23. The number of Topliss-reactive ketones (excluding diaryl/α,β-unsaturated/α-hetero) is 1. The number of hydrogen-bond donors (Lipinski definition) is 1. The molecule has 2 rings (SSSR count). The number of piperidine rings is 1. The van der Waals surface area contributed by atoms with Crippen molar-refractivity contribution in [3.63, 3.8) is 0 Å². The van der Waals surface area contributed by atoms with Crippen LogP contribution in [0.1, 0.15) is 19.8 Å². The average Bonchev–Trinajstić information content (AvgIpc) is 2.46. The summed E-state index contributed by atoms with van der Waals surface area (Å²) in [6.45, 7) is 3.53. The zero-order valence-electron chi connectivity index (χ0n) is 12.6. The van der Waals surface area contributed by atoms with E-state index in [2.05, 4.69) is 17.3 Å². The summed E-state index contributed by atoms with van der Waals surface area (Å²) in [5.41, 5.74) is 0.719. The maximum absolute atomic E-state index is 12.1. The Bertz CT molecular complexity index is 491. The Balaban J connectivity index is 1.79. The fourth-order valence-electron chi connectivity index (χ4n) is 2.44. The van der Waals surface area contributed by atoms with Gasteiger partial charge >= 0.3 is 0 Å². The van der Waals surface area contributed by atoms with Crippen LogP contribution in [0.5, 0.6) is 5.75 Å². The fraction of sp³-hybridized carbons (Fsp3) is 0.500. The number of rotatable bonds is 5. The van der Waals surface area contributed by atoms with Crippen LogP contribution >= 0.6 is 0 Å². The number of nitrogens with zero attached hydrogens (tertiary/aromatic N) is 1.